The number of nitrogens with one attached hydrogen (secondary N) is 1. The van der Waals surface area contributed by atoms with Crippen molar-refractivity contribution in [3.8, 4) is 5.75 Å². The summed E-state index contributed by atoms with van der Waals surface area (Å²) < 4.78 is 0. The van der Waals surface area contributed by atoms with Gasteiger partial charge < -0.3 is 10.4 Å². The van der Waals surface area contributed by atoms with Crippen molar-refractivity contribution in [1.29, 1.82) is 0 Å². The Morgan fingerprint density at radius 2 is 1.95 bits per heavy atom. The lowest BCUT2D eigenvalue weighted by atomic mass is 10.0. The van der Waals surface area contributed by atoms with Gasteiger partial charge in [0.25, 0.3) is 5.69 Å². The van der Waals surface area contributed by atoms with E-state index in [-0.39, 0.29) is 42.3 Å². The summed E-state index contributed by atoms with van der Waals surface area (Å²) in [4.78, 5) is 12.8. The fourth-order valence-corrected chi connectivity index (χ4v) is 2.31. The summed E-state index contributed by atoms with van der Waals surface area (Å²) in [5, 5.41) is 23.8. The summed E-state index contributed by atoms with van der Waals surface area (Å²) in [5.74, 6) is 0.0672. The van der Waals surface area contributed by atoms with Crippen LogP contribution in [0, 0.1) is 10.1 Å². The molecule has 0 saturated carbocycles. The molecule has 0 aliphatic carbocycles. The minimum Gasteiger partial charge on any atom is -0.508 e. The molecule has 0 bridgehead atoms. The Labute approximate surface area is 130 Å². The number of nitro groups is 1. The highest BCUT2D eigenvalue weighted by Crippen LogP contribution is 2.31. The summed E-state index contributed by atoms with van der Waals surface area (Å²) >= 11 is 0. The molecule has 6 nitrogen and oxygen atoms in total. The van der Waals surface area contributed by atoms with E-state index in [1.54, 1.807) is 0 Å². The largest absolute Gasteiger partial charge is 0.508 e. The molecule has 2 rings (SSSR count). The SMILES string of the molecule is C[C@@H](c1cc(O)ccc1[N+](=O)[O-])N1CCNCC1.Cl.Cl. The van der Waals surface area contributed by atoms with E-state index in [9.17, 15) is 15.2 Å². The first-order valence-electron chi connectivity index (χ1n) is 6.01. The number of halogens is 2. The quantitative estimate of drug-likeness (QED) is 0.658. The highest BCUT2D eigenvalue weighted by atomic mass is 35.5. The molecule has 1 heterocycles. The van der Waals surface area contributed by atoms with Crippen LogP contribution in [0.5, 0.6) is 5.75 Å². The van der Waals surface area contributed by atoms with Crippen LogP contribution >= 0.6 is 24.8 Å². The van der Waals surface area contributed by atoms with Crippen LogP contribution in [0.3, 0.4) is 0 Å². The van der Waals surface area contributed by atoms with E-state index in [1.165, 1.54) is 18.2 Å². The third kappa shape index (κ3) is 4.21. The molecule has 0 aromatic heterocycles. The van der Waals surface area contributed by atoms with Crippen LogP contribution in [-0.4, -0.2) is 41.1 Å². The van der Waals surface area contributed by atoms with Crippen molar-refractivity contribution in [2.45, 2.75) is 13.0 Å². The molecule has 1 aromatic carbocycles. The first-order chi connectivity index (χ1) is 8.59. The van der Waals surface area contributed by atoms with Crippen molar-refractivity contribution in [2.24, 2.45) is 0 Å². The third-order valence-electron chi connectivity index (χ3n) is 3.36. The number of nitrogens with zero attached hydrogens (tertiary/aromatic N) is 2. The molecule has 1 aliphatic heterocycles. The monoisotopic (exact) mass is 323 g/mol. The maximum atomic E-state index is 11.0. The second kappa shape index (κ2) is 8.26. The van der Waals surface area contributed by atoms with Crippen LogP contribution in [0.2, 0.25) is 0 Å². The second-order valence-corrected chi connectivity index (χ2v) is 4.46. The molecule has 0 amide bonds. The molecular weight excluding hydrogens is 305 g/mol. The fraction of sp³-hybridized carbons (Fsp3) is 0.500. The van der Waals surface area contributed by atoms with Gasteiger partial charge in [-0.15, -0.1) is 24.8 Å². The number of nitro benzene ring substituents is 1. The van der Waals surface area contributed by atoms with E-state index in [0.29, 0.717) is 5.56 Å². The lowest BCUT2D eigenvalue weighted by Gasteiger charge is -2.32. The smallest absolute Gasteiger partial charge is 0.274 e. The van der Waals surface area contributed by atoms with Crippen LogP contribution in [0.25, 0.3) is 0 Å². The molecule has 0 spiro atoms. The van der Waals surface area contributed by atoms with Gasteiger partial charge in [-0.2, -0.15) is 0 Å². The Bertz CT molecular complexity index is 454. The Morgan fingerprint density at radius 1 is 1.35 bits per heavy atom. The number of piperazine rings is 1. The van der Waals surface area contributed by atoms with Gasteiger partial charge in [-0.1, -0.05) is 0 Å². The van der Waals surface area contributed by atoms with Crippen LogP contribution in [0.15, 0.2) is 18.2 Å². The normalized spacial score (nSPS) is 16.6. The molecule has 8 heteroatoms. The van der Waals surface area contributed by atoms with Gasteiger partial charge in [-0.05, 0) is 19.1 Å². The van der Waals surface area contributed by atoms with Crippen molar-refractivity contribution in [1.82, 2.24) is 10.2 Å². The summed E-state index contributed by atoms with van der Waals surface area (Å²) in [6.07, 6.45) is 0. The molecule has 0 unspecified atom stereocenters. The van der Waals surface area contributed by atoms with Gasteiger partial charge in [0.1, 0.15) is 5.75 Å². The van der Waals surface area contributed by atoms with E-state index >= 15 is 0 Å². The van der Waals surface area contributed by atoms with E-state index < -0.39 is 4.92 Å². The predicted octanol–water partition coefficient (Wildman–Crippen LogP) is 2.11. The van der Waals surface area contributed by atoms with Crippen LogP contribution < -0.4 is 5.32 Å². The number of benzene rings is 1. The first-order valence-corrected chi connectivity index (χ1v) is 6.01. The molecule has 20 heavy (non-hydrogen) atoms. The molecule has 2 N–H and O–H groups in total. The number of aromatic hydroxyl groups is 1. The maximum Gasteiger partial charge on any atom is 0.274 e. The predicted molar refractivity (Wildman–Crippen MR) is 82.1 cm³/mol. The zero-order chi connectivity index (χ0) is 13.1. The minimum atomic E-state index is -0.395. The van der Waals surface area contributed by atoms with Crippen molar-refractivity contribution in [3.05, 3.63) is 33.9 Å². The number of hydrogen-bond donors (Lipinski definition) is 2. The summed E-state index contributed by atoms with van der Waals surface area (Å²) in [6, 6.07) is 4.14. The number of phenols is 1. The van der Waals surface area contributed by atoms with Crippen molar-refractivity contribution < 1.29 is 10.0 Å². The Morgan fingerprint density at radius 3 is 2.50 bits per heavy atom. The zero-order valence-corrected chi connectivity index (χ0v) is 12.7. The Kier molecular flexibility index (Phi) is 7.82. The van der Waals surface area contributed by atoms with Crippen molar-refractivity contribution >= 4 is 30.5 Å². The molecule has 1 aromatic rings. The summed E-state index contributed by atoms with van der Waals surface area (Å²) in [6.45, 7) is 5.42. The summed E-state index contributed by atoms with van der Waals surface area (Å²) in [5.41, 5.74) is 0.640. The Balaban J connectivity index is 0.00000180. The van der Waals surface area contributed by atoms with E-state index in [2.05, 4.69) is 10.2 Å². The second-order valence-electron chi connectivity index (χ2n) is 4.46. The van der Waals surface area contributed by atoms with Gasteiger partial charge >= 0.3 is 0 Å². The highest BCUT2D eigenvalue weighted by Gasteiger charge is 2.25. The lowest BCUT2D eigenvalue weighted by molar-refractivity contribution is -0.386. The van der Waals surface area contributed by atoms with Crippen LogP contribution in [0.1, 0.15) is 18.5 Å². The van der Waals surface area contributed by atoms with Crippen molar-refractivity contribution in [2.75, 3.05) is 26.2 Å². The molecule has 0 radical (unpaired) electrons. The highest BCUT2D eigenvalue weighted by molar-refractivity contribution is 5.85. The molecule has 1 fully saturated rings. The first kappa shape index (κ1) is 18.9. The average Bonchev–Trinajstić information content (AvgIpc) is 2.38. The Hall–Kier alpha value is -1.08. The van der Waals surface area contributed by atoms with E-state index in [4.69, 9.17) is 0 Å². The fourth-order valence-electron chi connectivity index (χ4n) is 2.31. The number of rotatable bonds is 3. The van der Waals surface area contributed by atoms with Crippen molar-refractivity contribution in [3.63, 3.8) is 0 Å². The van der Waals surface area contributed by atoms with Gasteiger partial charge in [-0.25, -0.2) is 0 Å². The average molecular weight is 324 g/mol. The van der Waals surface area contributed by atoms with Gasteiger partial charge in [0, 0.05) is 38.3 Å². The summed E-state index contributed by atoms with van der Waals surface area (Å²) in [7, 11) is 0. The van der Waals surface area contributed by atoms with E-state index in [1.807, 2.05) is 6.92 Å². The molecule has 114 valence electrons. The van der Waals surface area contributed by atoms with Gasteiger partial charge in [0.15, 0.2) is 0 Å². The van der Waals surface area contributed by atoms with E-state index in [0.717, 1.165) is 26.2 Å². The zero-order valence-electron chi connectivity index (χ0n) is 11.1. The number of hydrogen-bond acceptors (Lipinski definition) is 5. The standard InChI is InChI=1S/C12H17N3O3.2ClH/c1-9(14-6-4-13-5-7-14)11-8-10(16)2-3-12(11)15(17)18;;/h2-3,8-9,13,16H,4-7H2,1H3;2*1H/t9-;;/m0../s1. The van der Waals surface area contributed by atoms with Crippen LogP contribution in [-0.2, 0) is 0 Å². The molecular formula is C12H19Cl2N3O3. The topological polar surface area (TPSA) is 78.6 Å². The van der Waals surface area contributed by atoms with Gasteiger partial charge in [0.05, 0.1) is 10.5 Å². The maximum absolute atomic E-state index is 11.0. The lowest BCUT2D eigenvalue weighted by Crippen LogP contribution is -2.44. The molecule has 1 atom stereocenters. The third-order valence-corrected chi connectivity index (χ3v) is 3.36. The van der Waals surface area contributed by atoms with Gasteiger partial charge in [0.2, 0.25) is 0 Å². The molecule has 1 aliphatic rings. The van der Waals surface area contributed by atoms with Crippen LogP contribution in [0.4, 0.5) is 5.69 Å². The van der Waals surface area contributed by atoms with Gasteiger partial charge in [-0.3, -0.25) is 15.0 Å². The minimum absolute atomic E-state index is 0. The molecule has 1 saturated heterocycles. The number of phenolic OH excluding ortho intramolecular Hbond substituents is 1.